The highest BCUT2D eigenvalue weighted by Gasteiger charge is 2.24. The molecule has 10 heteroatoms. The molecule has 0 fully saturated rings. The normalized spacial score (nSPS) is 13.3. The number of nitrogens with zero attached hydrogens (tertiary/aromatic N) is 2. The van der Waals surface area contributed by atoms with E-state index in [1.165, 1.54) is 25.4 Å². The Morgan fingerprint density at radius 3 is 2.45 bits per heavy atom. The lowest BCUT2D eigenvalue weighted by Crippen LogP contribution is -2.41. The van der Waals surface area contributed by atoms with E-state index in [2.05, 4.69) is 4.72 Å². The number of hydrogen-bond acceptors (Lipinski definition) is 5. The van der Waals surface area contributed by atoms with E-state index in [-0.39, 0.29) is 0 Å². The van der Waals surface area contributed by atoms with Gasteiger partial charge in [-0.05, 0) is 19.1 Å². The van der Waals surface area contributed by atoms with Crippen molar-refractivity contribution in [1.82, 2.24) is 13.9 Å². The summed E-state index contributed by atoms with van der Waals surface area (Å²) in [5.74, 6) is 0. The molecule has 2 aromatic rings. The van der Waals surface area contributed by atoms with Gasteiger partial charge in [0.2, 0.25) is 10.0 Å². The molecule has 2 aromatic heterocycles. The Kier molecular flexibility index (Phi) is 4.62. The maximum atomic E-state index is 12.4. The van der Waals surface area contributed by atoms with Gasteiger partial charge < -0.3 is 4.57 Å². The third kappa shape index (κ3) is 3.17. The molecule has 0 aliphatic carbocycles. The fraction of sp³-hybridized carbons (Fsp3) is 0.333. The average Bonchev–Trinajstić information content (AvgIpc) is 2.86. The van der Waals surface area contributed by atoms with Gasteiger partial charge in [0.15, 0.2) is 4.90 Å². The molecule has 0 aliphatic heterocycles. The molecule has 7 nitrogen and oxygen atoms in total. The highest BCUT2D eigenvalue weighted by Crippen LogP contribution is 2.27. The Morgan fingerprint density at radius 2 is 1.91 bits per heavy atom. The second-order valence-corrected chi connectivity index (χ2v) is 8.16. The van der Waals surface area contributed by atoms with Gasteiger partial charge in [0.25, 0.3) is 5.56 Å². The zero-order valence-corrected chi connectivity index (χ0v) is 14.4. The van der Waals surface area contributed by atoms with Gasteiger partial charge in [0.1, 0.15) is 0 Å². The van der Waals surface area contributed by atoms with Crippen LogP contribution >= 0.6 is 22.9 Å². The molecule has 120 valence electrons. The van der Waals surface area contributed by atoms with E-state index in [1.54, 1.807) is 19.1 Å². The van der Waals surface area contributed by atoms with Gasteiger partial charge in [-0.2, -0.15) is 0 Å². The third-order valence-electron chi connectivity index (χ3n) is 3.06. The smallest absolute Gasteiger partial charge is 0.302 e. The predicted octanol–water partition coefficient (Wildman–Crippen LogP) is 0.838. The monoisotopic (exact) mass is 363 g/mol. The third-order valence-corrected chi connectivity index (χ3v) is 5.99. The van der Waals surface area contributed by atoms with Crippen molar-refractivity contribution in [2.75, 3.05) is 0 Å². The fourth-order valence-corrected chi connectivity index (χ4v) is 4.40. The zero-order valence-electron chi connectivity index (χ0n) is 12.0. The van der Waals surface area contributed by atoms with Crippen molar-refractivity contribution in [3.63, 3.8) is 0 Å². The number of thiophene rings is 1. The number of nitrogens with one attached hydrogen (secondary N) is 1. The van der Waals surface area contributed by atoms with Crippen LogP contribution < -0.4 is 16.0 Å². The Bertz CT molecular complexity index is 927. The van der Waals surface area contributed by atoms with Crippen LogP contribution in [0.3, 0.4) is 0 Å². The summed E-state index contributed by atoms with van der Waals surface area (Å²) in [6.45, 7) is 1.64. The van der Waals surface area contributed by atoms with Crippen LogP contribution in [0.25, 0.3) is 0 Å². The summed E-state index contributed by atoms with van der Waals surface area (Å²) in [6.07, 6.45) is 1.02. The van der Waals surface area contributed by atoms with Gasteiger partial charge in [-0.1, -0.05) is 11.6 Å². The second kappa shape index (κ2) is 5.99. The summed E-state index contributed by atoms with van der Waals surface area (Å²) in [5, 5.41) is 0. The van der Waals surface area contributed by atoms with Crippen LogP contribution in [-0.4, -0.2) is 17.6 Å². The van der Waals surface area contributed by atoms with E-state index in [1.807, 2.05) is 0 Å². The first-order chi connectivity index (χ1) is 10.1. The van der Waals surface area contributed by atoms with E-state index < -0.39 is 32.2 Å². The first-order valence-electron chi connectivity index (χ1n) is 6.17. The standard InChI is InChI=1S/C12H14ClN3O4S2/c1-7(8-4-5-10(13)21-8)14-22(19,20)9-6-15(2)12(18)16(3)11(9)17/h4-7,14H,1-3H3/t7-/m0/s1. The maximum absolute atomic E-state index is 12.4. The van der Waals surface area contributed by atoms with E-state index in [4.69, 9.17) is 11.6 Å². The number of hydrogen-bond donors (Lipinski definition) is 1. The van der Waals surface area contributed by atoms with Gasteiger partial charge in [-0.25, -0.2) is 17.9 Å². The zero-order chi connectivity index (χ0) is 16.7. The SMILES string of the molecule is C[C@H](NS(=O)(=O)c1cn(C)c(=O)n(C)c1=O)c1ccc(Cl)s1. The molecule has 0 aromatic carbocycles. The van der Waals surface area contributed by atoms with Crippen LogP contribution in [-0.2, 0) is 24.1 Å². The number of aromatic nitrogens is 2. The molecule has 0 saturated carbocycles. The summed E-state index contributed by atoms with van der Waals surface area (Å²) >= 11 is 7.07. The van der Waals surface area contributed by atoms with Gasteiger partial charge in [-0.3, -0.25) is 9.36 Å². The van der Waals surface area contributed by atoms with Crippen molar-refractivity contribution in [3.05, 3.63) is 48.4 Å². The highest BCUT2D eigenvalue weighted by atomic mass is 35.5. The van der Waals surface area contributed by atoms with Gasteiger partial charge in [0, 0.05) is 25.2 Å². The quantitative estimate of drug-likeness (QED) is 0.871. The minimum Gasteiger partial charge on any atom is -0.302 e. The molecule has 0 radical (unpaired) electrons. The van der Waals surface area contributed by atoms with Crippen molar-refractivity contribution < 1.29 is 8.42 Å². The Labute approximate surface area is 135 Å². The first-order valence-corrected chi connectivity index (χ1v) is 8.85. The lowest BCUT2D eigenvalue weighted by atomic mass is 10.3. The average molecular weight is 364 g/mol. The molecule has 1 atom stereocenters. The number of rotatable bonds is 4. The van der Waals surface area contributed by atoms with Crippen LogP contribution in [0.2, 0.25) is 4.34 Å². The van der Waals surface area contributed by atoms with Crippen molar-refractivity contribution in [3.8, 4) is 0 Å². The van der Waals surface area contributed by atoms with Crippen LogP contribution in [0.15, 0.2) is 32.8 Å². The Balaban J connectivity index is 2.44. The largest absolute Gasteiger partial charge is 0.330 e. The molecule has 22 heavy (non-hydrogen) atoms. The van der Waals surface area contributed by atoms with Gasteiger partial charge in [0.05, 0.1) is 10.4 Å². The maximum Gasteiger partial charge on any atom is 0.330 e. The van der Waals surface area contributed by atoms with Gasteiger partial charge >= 0.3 is 5.69 Å². The molecule has 0 bridgehead atoms. The lowest BCUT2D eigenvalue weighted by Gasteiger charge is -2.13. The van der Waals surface area contributed by atoms with Crippen molar-refractivity contribution in [2.24, 2.45) is 14.1 Å². The van der Waals surface area contributed by atoms with Gasteiger partial charge in [-0.15, -0.1) is 11.3 Å². The topological polar surface area (TPSA) is 90.2 Å². The predicted molar refractivity (Wildman–Crippen MR) is 85.0 cm³/mol. The molecule has 0 unspecified atom stereocenters. The fourth-order valence-electron chi connectivity index (χ4n) is 1.87. The minimum absolute atomic E-state index is 0.480. The molecule has 0 saturated heterocycles. The molecule has 0 spiro atoms. The number of aryl methyl sites for hydroxylation is 1. The van der Waals surface area contributed by atoms with Crippen LogP contribution in [0, 0.1) is 0 Å². The van der Waals surface area contributed by atoms with E-state index >= 15 is 0 Å². The molecular formula is C12H14ClN3O4S2. The summed E-state index contributed by atoms with van der Waals surface area (Å²) < 4.78 is 29.5. The summed E-state index contributed by atoms with van der Waals surface area (Å²) in [5.41, 5.74) is -1.46. The number of halogens is 1. The van der Waals surface area contributed by atoms with E-state index in [9.17, 15) is 18.0 Å². The molecule has 2 rings (SSSR count). The molecule has 2 heterocycles. The van der Waals surface area contributed by atoms with Crippen molar-refractivity contribution in [2.45, 2.75) is 17.9 Å². The highest BCUT2D eigenvalue weighted by molar-refractivity contribution is 7.89. The summed E-state index contributed by atoms with van der Waals surface area (Å²) in [4.78, 5) is 23.9. The Morgan fingerprint density at radius 1 is 1.27 bits per heavy atom. The summed E-state index contributed by atoms with van der Waals surface area (Å²) in [7, 11) is -1.46. The van der Waals surface area contributed by atoms with E-state index in [0.29, 0.717) is 4.34 Å². The van der Waals surface area contributed by atoms with Crippen LogP contribution in [0.4, 0.5) is 0 Å². The lowest BCUT2D eigenvalue weighted by molar-refractivity contribution is 0.559. The van der Waals surface area contributed by atoms with E-state index in [0.717, 1.165) is 20.2 Å². The van der Waals surface area contributed by atoms with Crippen LogP contribution in [0.5, 0.6) is 0 Å². The van der Waals surface area contributed by atoms with Crippen LogP contribution in [0.1, 0.15) is 17.8 Å². The Hall–Kier alpha value is -1.42. The summed E-state index contributed by atoms with van der Waals surface area (Å²) in [6, 6.07) is 2.82. The van der Waals surface area contributed by atoms with Crippen molar-refractivity contribution >= 4 is 33.0 Å². The molecule has 0 amide bonds. The molecular weight excluding hydrogens is 350 g/mol. The first kappa shape index (κ1) is 16.9. The molecule has 0 aliphatic rings. The number of sulfonamides is 1. The minimum atomic E-state index is -4.07. The van der Waals surface area contributed by atoms with Crippen molar-refractivity contribution in [1.29, 1.82) is 0 Å². The molecule has 1 N–H and O–H groups in total. The second-order valence-electron chi connectivity index (χ2n) is 4.74.